The van der Waals surface area contributed by atoms with Gasteiger partial charge in [-0.3, -0.25) is 9.36 Å². The second-order valence-electron chi connectivity index (χ2n) is 13.2. The van der Waals surface area contributed by atoms with Gasteiger partial charge >= 0.3 is 6.03 Å². The molecule has 0 bridgehead atoms. The van der Waals surface area contributed by atoms with Gasteiger partial charge in [-0.1, -0.05) is 91.7 Å². The number of hydrogen-bond donors (Lipinski definition) is 1. The molecule has 1 aliphatic carbocycles. The van der Waals surface area contributed by atoms with Crippen LogP contribution in [-0.4, -0.2) is 51.1 Å². The molecule has 1 saturated carbocycles. The van der Waals surface area contributed by atoms with E-state index in [0.717, 1.165) is 63.0 Å². The number of benzene rings is 3. The molecule has 7 heteroatoms. The van der Waals surface area contributed by atoms with Gasteiger partial charge in [-0.25, -0.2) is 9.78 Å². The Labute approximate surface area is 265 Å². The molecular formula is C38H43N5O2. The lowest BCUT2D eigenvalue weighted by atomic mass is 9.69. The van der Waals surface area contributed by atoms with Crippen LogP contribution in [-0.2, 0) is 6.54 Å². The van der Waals surface area contributed by atoms with E-state index in [0.29, 0.717) is 24.2 Å². The van der Waals surface area contributed by atoms with Crippen molar-refractivity contribution in [1.82, 2.24) is 19.4 Å². The Balaban J connectivity index is 1.07. The smallest absolute Gasteiger partial charge is 0.320 e. The summed E-state index contributed by atoms with van der Waals surface area (Å²) in [5.74, 6) is 0.344. The molecule has 7 nitrogen and oxygen atoms in total. The number of likely N-dealkylation sites (tertiary alicyclic amines) is 2. The maximum Gasteiger partial charge on any atom is 0.320 e. The second kappa shape index (κ2) is 12.9. The number of anilines is 1. The maximum atomic E-state index is 14.4. The van der Waals surface area contributed by atoms with E-state index in [2.05, 4.69) is 68.6 Å². The third-order valence-corrected chi connectivity index (χ3v) is 10.5. The molecule has 2 amide bonds. The number of hydrogen-bond acceptors (Lipinski definition) is 4. The van der Waals surface area contributed by atoms with Gasteiger partial charge in [0.25, 0.3) is 5.56 Å². The third kappa shape index (κ3) is 6.26. The third-order valence-electron chi connectivity index (χ3n) is 10.5. The van der Waals surface area contributed by atoms with Crippen LogP contribution in [0.25, 0.3) is 11.3 Å². The Morgan fingerprint density at radius 2 is 1.56 bits per heavy atom. The Morgan fingerprint density at radius 3 is 2.27 bits per heavy atom. The average molecular weight is 602 g/mol. The van der Waals surface area contributed by atoms with Crippen molar-refractivity contribution >= 4 is 11.7 Å². The van der Waals surface area contributed by atoms with Crippen LogP contribution in [0.2, 0.25) is 0 Å². The summed E-state index contributed by atoms with van der Waals surface area (Å²) in [4.78, 5) is 36.6. The van der Waals surface area contributed by atoms with Crippen molar-refractivity contribution in [3.05, 3.63) is 119 Å². The van der Waals surface area contributed by atoms with E-state index in [1.165, 1.54) is 18.4 Å². The van der Waals surface area contributed by atoms with Gasteiger partial charge in [0.2, 0.25) is 0 Å². The number of para-hydroxylation sites is 1. The first-order chi connectivity index (χ1) is 22.1. The molecule has 1 aromatic heterocycles. The topological polar surface area (TPSA) is 70.5 Å². The molecular weight excluding hydrogens is 558 g/mol. The van der Waals surface area contributed by atoms with Gasteiger partial charge in [-0.15, -0.1) is 0 Å². The first-order valence-corrected chi connectivity index (χ1v) is 16.6. The number of piperidine rings is 2. The fourth-order valence-electron chi connectivity index (χ4n) is 8.14. The second-order valence-corrected chi connectivity index (χ2v) is 13.2. The highest BCUT2D eigenvalue weighted by Crippen LogP contribution is 2.49. The SMILES string of the molecule is O=C(N1CC[C@@H](Cn2cnc(-c3ccccc3)cc2=O)C2(CCCC2)C1)N1CC[C@@H](Nc2ccccc2)C[C@H]1c1ccccc1. The zero-order chi connectivity index (χ0) is 30.6. The predicted octanol–water partition coefficient (Wildman–Crippen LogP) is 7.23. The minimum atomic E-state index is -0.00630. The average Bonchev–Trinajstić information content (AvgIpc) is 3.56. The van der Waals surface area contributed by atoms with Crippen LogP contribution in [0.3, 0.4) is 0 Å². The van der Waals surface area contributed by atoms with Gasteiger partial charge in [-0.2, -0.15) is 0 Å². The summed E-state index contributed by atoms with van der Waals surface area (Å²) in [6.45, 7) is 2.88. The lowest BCUT2D eigenvalue weighted by Gasteiger charge is -2.49. The number of amides is 2. The molecule has 0 unspecified atom stereocenters. The minimum Gasteiger partial charge on any atom is -0.382 e. The number of urea groups is 1. The van der Waals surface area contributed by atoms with E-state index < -0.39 is 0 Å². The van der Waals surface area contributed by atoms with Crippen molar-refractivity contribution in [3.8, 4) is 11.3 Å². The summed E-state index contributed by atoms with van der Waals surface area (Å²) in [5.41, 5.74) is 4.03. The summed E-state index contributed by atoms with van der Waals surface area (Å²) >= 11 is 0. The molecule has 45 heavy (non-hydrogen) atoms. The van der Waals surface area contributed by atoms with Crippen LogP contribution in [0.4, 0.5) is 10.5 Å². The molecule has 3 atom stereocenters. The number of carbonyl (C=O) groups excluding carboxylic acids is 1. The molecule has 0 radical (unpaired) electrons. The van der Waals surface area contributed by atoms with E-state index in [4.69, 9.17) is 0 Å². The molecule has 232 valence electrons. The molecule has 3 heterocycles. The van der Waals surface area contributed by atoms with Crippen molar-refractivity contribution in [2.75, 3.05) is 25.0 Å². The molecule has 1 spiro atoms. The van der Waals surface area contributed by atoms with Crippen molar-refractivity contribution in [1.29, 1.82) is 0 Å². The van der Waals surface area contributed by atoms with Gasteiger partial charge in [0, 0.05) is 49.5 Å². The molecule has 7 rings (SSSR count). The van der Waals surface area contributed by atoms with Gasteiger partial charge < -0.3 is 15.1 Å². The zero-order valence-electron chi connectivity index (χ0n) is 25.9. The fraction of sp³-hybridized carbons (Fsp3) is 0.395. The first-order valence-electron chi connectivity index (χ1n) is 16.6. The molecule has 4 aromatic rings. The molecule has 3 aromatic carbocycles. The van der Waals surface area contributed by atoms with Crippen molar-refractivity contribution in [2.45, 2.75) is 63.6 Å². The lowest BCUT2D eigenvalue weighted by Crippen LogP contribution is -2.56. The van der Waals surface area contributed by atoms with Gasteiger partial charge in [-0.05, 0) is 61.1 Å². The van der Waals surface area contributed by atoms with Crippen molar-refractivity contribution in [3.63, 3.8) is 0 Å². The summed E-state index contributed by atoms with van der Waals surface area (Å²) in [5, 5.41) is 3.72. The van der Waals surface area contributed by atoms with E-state index in [1.54, 1.807) is 17.0 Å². The van der Waals surface area contributed by atoms with Gasteiger partial charge in [0.15, 0.2) is 0 Å². The summed E-state index contributed by atoms with van der Waals surface area (Å²) < 4.78 is 1.80. The van der Waals surface area contributed by atoms with Gasteiger partial charge in [0.05, 0.1) is 18.1 Å². The molecule has 3 aliphatic rings. The number of carbonyl (C=O) groups is 1. The Hall–Kier alpha value is -4.39. The number of nitrogens with one attached hydrogen (secondary N) is 1. The van der Waals surface area contributed by atoms with Crippen LogP contribution < -0.4 is 10.9 Å². The van der Waals surface area contributed by atoms with Crippen molar-refractivity contribution < 1.29 is 4.79 Å². The van der Waals surface area contributed by atoms with Crippen LogP contribution in [0.15, 0.2) is 108 Å². The highest BCUT2D eigenvalue weighted by molar-refractivity contribution is 5.75. The highest BCUT2D eigenvalue weighted by Gasteiger charge is 2.47. The van der Waals surface area contributed by atoms with Crippen LogP contribution in [0.5, 0.6) is 0 Å². The van der Waals surface area contributed by atoms with Crippen LogP contribution >= 0.6 is 0 Å². The summed E-state index contributed by atoms with van der Waals surface area (Å²) in [7, 11) is 0. The fourth-order valence-corrected chi connectivity index (χ4v) is 8.14. The van der Waals surface area contributed by atoms with E-state index in [1.807, 2.05) is 42.5 Å². The van der Waals surface area contributed by atoms with E-state index in [9.17, 15) is 9.59 Å². The number of aromatic nitrogens is 2. The number of nitrogens with zero attached hydrogens (tertiary/aromatic N) is 4. The maximum absolute atomic E-state index is 14.4. The Bertz CT molecular complexity index is 1640. The molecule has 1 N–H and O–H groups in total. The van der Waals surface area contributed by atoms with Crippen molar-refractivity contribution in [2.24, 2.45) is 11.3 Å². The quantitative estimate of drug-likeness (QED) is 0.253. The van der Waals surface area contributed by atoms with E-state index >= 15 is 0 Å². The first kappa shape index (κ1) is 29.3. The monoisotopic (exact) mass is 601 g/mol. The highest BCUT2D eigenvalue weighted by atomic mass is 16.2. The zero-order valence-corrected chi connectivity index (χ0v) is 25.9. The predicted molar refractivity (Wildman–Crippen MR) is 179 cm³/mol. The van der Waals surface area contributed by atoms with Crippen LogP contribution in [0.1, 0.15) is 56.6 Å². The molecule has 2 aliphatic heterocycles. The molecule has 3 fully saturated rings. The van der Waals surface area contributed by atoms with Crippen LogP contribution in [0, 0.1) is 11.3 Å². The minimum absolute atomic E-state index is 0.00630. The number of rotatable bonds is 6. The molecule has 2 saturated heterocycles. The normalized spacial score (nSPS) is 22.8. The van der Waals surface area contributed by atoms with E-state index in [-0.39, 0.29) is 23.0 Å². The Morgan fingerprint density at radius 1 is 0.867 bits per heavy atom. The largest absolute Gasteiger partial charge is 0.382 e. The van der Waals surface area contributed by atoms with Gasteiger partial charge in [0.1, 0.15) is 0 Å². The Kier molecular flexibility index (Phi) is 8.42. The lowest BCUT2D eigenvalue weighted by molar-refractivity contribution is 0.0217. The summed E-state index contributed by atoms with van der Waals surface area (Å²) in [6, 6.07) is 32.9. The summed E-state index contributed by atoms with van der Waals surface area (Å²) in [6.07, 6.45) is 9.00. The standard InChI is InChI=1S/C38H43N5O2/c44-36-25-34(29-12-4-1-5-13-29)39-28-42(36)26-31-18-22-41(27-38(31)20-10-11-21-38)37(45)43-23-19-33(40-32-16-8-3-9-17-32)24-35(43)30-14-6-2-7-15-30/h1-9,12-17,25,28,31,33,35,40H,10-11,18-24,26-27H2/t31-,33+,35-/m0/s1.